The Bertz CT molecular complexity index is 1290. The maximum atomic E-state index is 10.8. The molecule has 148 valence electrons. The second-order valence-corrected chi connectivity index (χ2v) is 8.60. The van der Waals surface area contributed by atoms with E-state index in [2.05, 4.69) is 28.8 Å². The van der Waals surface area contributed by atoms with Crippen LogP contribution in [0.15, 0.2) is 42.5 Å². The molecule has 0 bridgehead atoms. The van der Waals surface area contributed by atoms with Crippen LogP contribution in [0.2, 0.25) is 0 Å². The molecule has 29 heavy (non-hydrogen) atoms. The van der Waals surface area contributed by atoms with Crippen LogP contribution in [0, 0.1) is 4.77 Å². The molecule has 0 saturated heterocycles. The van der Waals surface area contributed by atoms with Crippen molar-refractivity contribution in [2.24, 2.45) is 7.05 Å². The van der Waals surface area contributed by atoms with Crippen molar-refractivity contribution in [2.75, 3.05) is 14.2 Å². The fourth-order valence-corrected chi connectivity index (χ4v) is 5.84. The average Bonchev–Trinajstić information content (AvgIpc) is 3.23. The molecule has 1 atom stereocenters. The zero-order chi connectivity index (χ0) is 20.3. The molecular formula is C22H20N2O3S2. The molecule has 0 spiro atoms. The largest absolute Gasteiger partial charge is 0.497 e. The van der Waals surface area contributed by atoms with E-state index in [9.17, 15) is 5.11 Å². The molecule has 7 heteroatoms. The summed E-state index contributed by atoms with van der Waals surface area (Å²) in [7, 11) is 5.10. The first kappa shape index (κ1) is 18.3. The number of rotatable bonds is 3. The third kappa shape index (κ3) is 2.61. The number of imidazole rings is 1. The lowest BCUT2D eigenvalue weighted by atomic mass is 9.93. The molecule has 3 heterocycles. The van der Waals surface area contributed by atoms with Crippen molar-refractivity contribution in [3.63, 3.8) is 0 Å². The number of benzene rings is 2. The van der Waals surface area contributed by atoms with Crippen LogP contribution in [0.1, 0.15) is 27.7 Å². The molecule has 4 aromatic rings. The van der Waals surface area contributed by atoms with Gasteiger partial charge < -0.3 is 19.1 Å². The maximum Gasteiger partial charge on any atom is 0.213 e. The van der Waals surface area contributed by atoms with E-state index >= 15 is 0 Å². The molecule has 0 radical (unpaired) electrons. The van der Waals surface area contributed by atoms with E-state index in [-0.39, 0.29) is 11.9 Å². The van der Waals surface area contributed by atoms with E-state index in [1.165, 1.54) is 20.5 Å². The molecule has 1 aliphatic rings. The number of hydrogen-bond donors (Lipinski definition) is 1. The van der Waals surface area contributed by atoms with Gasteiger partial charge in [-0.15, -0.1) is 11.3 Å². The number of methoxy groups -OCH3 is 2. The van der Waals surface area contributed by atoms with Gasteiger partial charge in [0.2, 0.25) is 5.88 Å². The van der Waals surface area contributed by atoms with E-state index in [1.54, 1.807) is 37.2 Å². The smallest absolute Gasteiger partial charge is 0.213 e. The van der Waals surface area contributed by atoms with Crippen LogP contribution < -0.4 is 9.47 Å². The Balaban J connectivity index is 1.86. The number of ether oxygens (including phenoxy) is 2. The molecule has 0 unspecified atom stereocenters. The second kappa shape index (κ2) is 6.64. The Labute approximate surface area is 177 Å². The number of aromatic hydroxyl groups is 1. The standard InChI is InChI=1S/C22H20N2O3S2/c1-23-21(25)17-11-16-15-6-4-5-7-18(15)29-20(16)19(24(17)22(23)28)12-8-13(26-2)10-14(9-12)27-3/h4-10,19,25H,11H2,1-3H3/t19-/m1/s1. The molecule has 1 aliphatic heterocycles. The Morgan fingerprint density at radius 2 is 1.79 bits per heavy atom. The van der Waals surface area contributed by atoms with E-state index in [1.807, 2.05) is 18.2 Å². The zero-order valence-electron chi connectivity index (χ0n) is 16.3. The highest BCUT2D eigenvalue weighted by atomic mass is 32.1. The van der Waals surface area contributed by atoms with Crippen molar-refractivity contribution in [3.05, 3.63) is 68.9 Å². The number of hydrogen-bond acceptors (Lipinski definition) is 5. The highest BCUT2D eigenvalue weighted by Crippen LogP contribution is 2.47. The summed E-state index contributed by atoms with van der Waals surface area (Å²) in [4.78, 5) is 1.23. The van der Waals surface area contributed by atoms with Gasteiger partial charge in [0, 0.05) is 29.1 Å². The number of thiophene rings is 1. The van der Waals surface area contributed by atoms with Crippen molar-refractivity contribution < 1.29 is 14.6 Å². The van der Waals surface area contributed by atoms with Gasteiger partial charge in [0.15, 0.2) is 4.77 Å². The lowest BCUT2D eigenvalue weighted by Gasteiger charge is -2.27. The molecule has 0 saturated carbocycles. The Kier molecular flexibility index (Phi) is 4.18. The van der Waals surface area contributed by atoms with E-state index in [0.717, 1.165) is 22.8 Å². The van der Waals surface area contributed by atoms with Gasteiger partial charge in [-0.1, -0.05) is 18.2 Å². The fraction of sp³-hybridized carbons (Fsp3) is 0.227. The van der Waals surface area contributed by atoms with Crippen molar-refractivity contribution >= 4 is 33.6 Å². The van der Waals surface area contributed by atoms with Crippen LogP contribution in [0.5, 0.6) is 17.4 Å². The van der Waals surface area contributed by atoms with Crippen molar-refractivity contribution in [2.45, 2.75) is 12.5 Å². The molecule has 0 fully saturated rings. The Hall–Kier alpha value is -2.77. The third-order valence-electron chi connectivity index (χ3n) is 5.63. The molecule has 1 N–H and O–H groups in total. The lowest BCUT2D eigenvalue weighted by molar-refractivity contribution is 0.392. The first-order chi connectivity index (χ1) is 14.0. The van der Waals surface area contributed by atoms with Gasteiger partial charge in [-0.3, -0.25) is 4.57 Å². The summed E-state index contributed by atoms with van der Waals surface area (Å²) in [6, 6.07) is 14.2. The van der Waals surface area contributed by atoms with Crippen LogP contribution >= 0.6 is 23.6 Å². The van der Waals surface area contributed by atoms with Crippen LogP contribution in [0.25, 0.3) is 10.1 Å². The second-order valence-electron chi connectivity index (χ2n) is 7.15. The molecule has 5 rings (SSSR count). The van der Waals surface area contributed by atoms with Crippen LogP contribution in [-0.2, 0) is 13.5 Å². The van der Waals surface area contributed by atoms with Crippen LogP contribution in [0.4, 0.5) is 0 Å². The zero-order valence-corrected chi connectivity index (χ0v) is 17.9. The highest BCUT2D eigenvalue weighted by Gasteiger charge is 2.34. The topological polar surface area (TPSA) is 48.5 Å². The average molecular weight is 425 g/mol. The summed E-state index contributed by atoms with van der Waals surface area (Å²) < 4.78 is 16.6. The number of fused-ring (bicyclic) bond motifs is 4. The Morgan fingerprint density at radius 1 is 1.10 bits per heavy atom. The minimum Gasteiger partial charge on any atom is -0.497 e. The van der Waals surface area contributed by atoms with Gasteiger partial charge in [-0.25, -0.2) is 0 Å². The summed E-state index contributed by atoms with van der Waals surface area (Å²) in [5, 5.41) is 12.0. The summed E-state index contributed by atoms with van der Waals surface area (Å²) in [6.07, 6.45) is 0.646. The van der Waals surface area contributed by atoms with E-state index < -0.39 is 0 Å². The van der Waals surface area contributed by atoms with E-state index in [4.69, 9.17) is 21.7 Å². The summed E-state index contributed by atoms with van der Waals surface area (Å²) in [5.41, 5.74) is 3.09. The van der Waals surface area contributed by atoms with Gasteiger partial charge in [-0.05, 0) is 46.9 Å². The molecule has 0 amide bonds. The van der Waals surface area contributed by atoms with Gasteiger partial charge in [0.1, 0.15) is 11.5 Å². The van der Waals surface area contributed by atoms with Crippen LogP contribution in [0.3, 0.4) is 0 Å². The predicted octanol–water partition coefficient (Wildman–Crippen LogP) is 5.04. The summed E-state index contributed by atoms with van der Waals surface area (Å²) in [5.74, 6) is 1.66. The minimum atomic E-state index is -0.158. The van der Waals surface area contributed by atoms with Gasteiger partial charge in [0.05, 0.1) is 26.0 Å². The van der Waals surface area contributed by atoms with Gasteiger partial charge >= 0.3 is 0 Å². The monoisotopic (exact) mass is 424 g/mol. The summed E-state index contributed by atoms with van der Waals surface area (Å²) >= 11 is 7.50. The normalized spacial score (nSPS) is 15.2. The first-order valence-corrected chi connectivity index (χ1v) is 10.5. The molecule has 2 aromatic heterocycles. The third-order valence-corrected chi connectivity index (χ3v) is 7.37. The molecular weight excluding hydrogens is 404 g/mol. The van der Waals surface area contributed by atoms with Gasteiger partial charge in [-0.2, -0.15) is 0 Å². The van der Waals surface area contributed by atoms with E-state index in [0.29, 0.717) is 11.2 Å². The SMILES string of the molecule is COc1cc(OC)cc([C@@H]2c3sc4ccccc4c3Cc3c(O)n(C)c(=S)n32)c1. The van der Waals surface area contributed by atoms with Crippen molar-refractivity contribution in [1.82, 2.24) is 9.13 Å². The Morgan fingerprint density at radius 3 is 2.48 bits per heavy atom. The number of nitrogens with zero attached hydrogens (tertiary/aromatic N) is 2. The molecule has 0 aliphatic carbocycles. The van der Waals surface area contributed by atoms with Crippen molar-refractivity contribution in [3.8, 4) is 17.4 Å². The quantitative estimate of drug-likeness (QED) is 0.413. The van der Waals surface area contributed by atoms with Crippen molar-refractivity contribution in [1.29, 1.82) is 0 Å². The molecule has 5 nitrogen and oxygen atoms in total. The predicted molar refractivity (Wildman–Crippen MR) is 117 cm³/mol. The highest BCUT2D eigenvalue weighted by molar-refractivity contribution is 7.71. The number of aromatic nitrogens is 2. The molecule has 2 aromatic carbocycles. The lowest BCUT2D eigenvalue weighted by Crippen LogP contribution is -2.20. The first-order valence-electron chi connectivity index (χ1n) is 9.25. The van der Waals surface area contributed by atoms with Crippen LogP contribution in [-0.4, -0.2) is 28.5 Å². The fourth-order valence-electron chi connectivity index (χ4n) is 4.19. The maximum absolute atomic E-state index is 10.8. The summed E-state index contributed by atoms with van der Waals surface area (Å²) in [6.45, 7) is 0. The minimum absolute atomic E-state index is 0.158. The van der Waals surface area contributed by atoms with Gasteiger partial charge in [0.25, 0.3) is 0 Å².